The van der Waals surface area contributed by atoms with Crippen LogP contribution in [0.3, 0.4) is 0 Å². The fourth-order valence-corrected chi connectivity index (χ4v) is 2.34. The summed E-state index contributed by atoms with van der Waals surface area (Å²) in [5.74, 6) is 0.543. The van der Waals surface area contributed by atoms with Crippen LogP contribution in [0.1, 0.15) is 30.9 Å². The Morgan fingerprint density at radius 3 is 2.33 bits per heavy atom. The molecule has 2 aromatic carbocycles. The van der Waals surface area contributed by atoms with Crippen molar-refractivity contribution < 1.29 is 0 Å². The number of aryl methyl sites for hydroxylation is 1. The zero-order valence-corrected chi connectivity index (χ0v) is 13.9. The SMILES string of the molecule is Cc1cccc(N(C)C(=S)Nc2ccc(C(C)C)cc2)c1. The fourth-order valence-electron chi connectivity index (χ4n) is 2.11. The number of nitrogens with one attached hydrogen (secondary N) is 1. The van der Waals surface area contributed by atoms with E-state index in [-0.39, 0.29) is 0 Å². The third kappa shape index (κ3) is 4.05. The zero-order chi connectivity index (χ0) is 15.4. The molecule has 0 radical (unpaired) electrons. The van der Waals surface area contributed by atoms with Gasteiger partial charge in [-0.1, -0.05) is 38.1 Å². The van der Waals surface area contributed by atoms with Crippen molar-refractivity contribution >= 4 is 28.7 Å². The monoisotopic (exact) mass is 298 g/mol. The minimum Gasteiger partial charge on any atom is -0.332 e. The number of hydrogen-bond acceptors (Lipinski definition) is 1. The van der Waals surface area contributed by atoms with Crippen LogP contribution in [0.15, 0.2) is 48.5 Å². The maximum atomic E-state index is 5.48. The van der Waals surface area contributed by atoms with Crippen LogP contribution in [0, 0.1) is 6.92 Å². The molecule has 2 nitrogen and oxygen atoms in total. The predicted octanol–water partition coefficient (Wildman–Crippen LogP) is 4.95. The summed E-state index contributed by atoms with van der Waals surface area (Å²) in [5.41, 5.74) is 4.66. The first kappa shape index (κ1) is 15.5. The van der Waals surface area contributed by atoms with Gasteiger partial charge in [0.15, 0.2) is 5.11 Å². The molecule has 110 valence electrons. The second-order valence-corrected chi connectivity index (χ2v) is 5.99. The van der Waals surface area contributed by atoms with E-state index in [4.69, 9.17) is 12.2 Å². The van der Waals surface area contributed by atoms with Crippen LogP contribution < -0.4 is 10.2 Å². The summed E-state index contributed by atoms with van der Waals surface area (Å²) in [4.78, 5) is 1.98. The molecule has 0 unspecified atom stereocenters. The molecule has 0 heterocycles. The Kier molecular flexibility index (Phi) is 4.97. The van der Waals surface area contributed by atoms with Gasteiger partial charge in [0.1, 0.15) is 0 Å². The Labute approximate surface area is 132 Å². The Balaban J connectivity index is 2.07. The normalized spacial score (nSPS) is 10.5. The highest BCUT2D eigenvalue weighted by Crippen LogP contribution is 2.19. The minimum absolute atomic E-state index is 0.543. The molecule has 0 aliphatic carbocycles. The smallest absolute Gasteiger partial charge is 0.177 e. The average Bonchev–Trinajstić information content (AvgIpc) is 2.47. The largest absolute Gasteiger partial charge is 0.332 e. The van der Waals surface area contributed by atoms with E-state index in [1.54, 1.807) is 0 Å². The van der Waals surface area contributed by atoms with Crippen molar-refractivity contribution in [2.75, 3.05) is 17.3 Å². The highest BCUT2D eigenvalue weighted by molar-refractivity contribution is 7.80. The highest BCUT2D eigenvalue weighted by atomic mass is 32.1. The molecule has 0 saturated carbocycles. The van der Waals surface area contributed by atoms with Gasteiger partial charge in [-0.3, -0.25) is 0 Å². The molecule has 0 aliphatic heterocycles. The van der Waals surface area contributed by atoms with Crippen LogP contribution in [0.4, 0.5) is 11.4 Å². The van der Waals surface area contributed by atoms with Gasteiger partial charge in [-0.15, -0.1) is 0 Å². The molecule has 0 bridgehead atoms. The second-order valence-electron chi connectivity index (χ2n) is 5.60. The summed E-state index contributed by atoms with van der Waals surface area (Å²) in [7, 11) is 1.98. The van der Waals surface area contributed by atoms with Crippen LogP contribution in [-0.4, -0.2) is 12.2 Å². The van der Waals surface area contributed by atoms with Gasteiger partial charge in [-0.25, -0.2) is 0 Å². The molecule has 0 aliphatic rings. The molecule has 21 heavy (non-hydrogen) atoms. The van der Waals surface area contributed by atoms with E-state index in [1.165, 1.54) is 11.1 Å². The first-order valence-electron chi connectivity index (χ1n) is 7.18. The van der Waals surface area contributed by atoms with Crippen molar-refractivity contribution in [3.8, 4) is 0 Å². The summed E-state index contributed by atoms with van der Waals surface area (Å²) in [6.45, 7) is 6.47. The standard InChI is InChI=1S/C18H22N2S/c1-13(2)15-8-10-16(11-9-15)19-18(21)20(4)17-7-5-6-14(3)12-17/h5-13H,1-4H3,(H,19,21). The lowest BCUT2D eigenvalue weighted by molar-refractivity contribution is 0.867. The number of benzene rings is 2. The van der Waals surface area contributed by atoms with E-state index in [0.29, 0.717) is 11.0 Å². The van der Waals surface area contributed by atoms with Crippen molar-refractivity contribution in [1.82, 2.24) is 0 Å². The molecular formula is C18H22N2S. The zero-order valence-electron chi connectivity index (χ0n) is 13.1. The lowest BCUT2D eigenvalue weighted by Crippen LogP contribution is -2.30. The van der Waals surface area contributed by atoms with Crippen molar-refractivity contribution in [1.29, 1.82) is 0 Å². The second kappa shape index (κ2) is 6.72. The number of rotatable bonds is 3. The molecule has 0 fully saturated rings. The maximum absolute atomic E-state index is 5.48. The van der Waals surface area contributed by atoms with Gasteiger partial charge in [-0.05, 0) is 60.5 Å². The van der Waals surface area contributed by atoms with E-state index in [2.05, 4.69) is 68.6 Å². The predicted molar refractivity (Wildman–Crippen MR) is 96.3 cm³/mol. The highest BCUT2D eigenvalue weighted by Gasteiger charge is 2.07. The lowest BCUT2D eigenvalue weighted by atomic mass is 10.0. The molecule has 0 aromatic heterocycles. The first-order chi connectivity index (χ1) is 9.97. The summed E-state index contributed by atoms with van der Waals surface area (Å²) in [6, 6.07) is 16.7. The number of hydrogen-bond donors (Lipinski definition) is 1. The van der Waals surface area contributed by atoms with Crippen LogP contribution in [0.5, 0.6) is 0 Å². The van der Waals surface area contributed by atoms with Crippen molar-refractivity contribution in [2.45, 2.75) is 26.7 Å². The fraction of sp³-hybridized carbons (Fsp3) is 0.278. The minimum atomic E-state index is 0.543. The molecule has 3 heteroatoms. The molecule has 0 atom stereocenters. The molecule has 1 N–H and O–H groups in total. The summed E-state index contributed by atoms with van der Waals surface area (Å²) < 4.78 is 0. The van der Waals surface area contributed by atoms with Crippen molar-refractivity contribution in [2.24, 2.45) is 0 Å². The molecule has 2 rings (SSSR count). The summed E-state index contributed by atoms with van der Waals surface area (Å²) in [6.07, 6.45) is 0. The van der Waals surface area contributed by atoms with E-state index in [1.807, 2.05) is 18.0 Å². The molecular weight excluding hydrogens is 276 g/mol. The number of anilines is 2. The van der Waals surface area contributed by atoms with Gasteiger partial charge in [0.25, 0.3) is 0 Å². The van der Waals surface area contributed by atoms with Gasteiger partial charge in [0.2, 0.25) is 0 Å². The Morgan fingerprint density at radius 2 is 1.76 bits per heavy atom. The van der Waals surface area contributed by atoms with Crippen LogP contribution >= 0.6 is 12.2 Å². The van der Waals surface area contributed by atoms with E-state index in [0.717, 1.165) is 11.4 Å². The Bertz CT molecular complexity index is 617. The maximum Gasteiger partial charge on any atom is 0.177 e. The van der Waals surface area contributed by atoms with Gasteiger partial charge < -0.3 is 10.2 Å². The Morgan fingerprint density at radius 1 is 1.10 bits per heavy atom. The molecule has 0 amide bonds. The van der Waals surface area contributed by atoms with E-state index >= 15 is 0 Å². The van der Waals surface area contributed by atoms with Gasteiger partial charge in [0.05, 0.1) is 0 Å². The number of thiocarbonyl (C=S) groups is 1. The quantitative estimate of drug-likeness (QED) is 0.807. The topological polar surface area (TPSA) is 15.3 Å². The summed E-state index contributed by atoms with van der Waals surface area (Å²) >= 11 is 5.48. The van der Waals surface area contributed by atoms with Crippen molar-refractivity contribution in [3.63, 3.8) is 0 Å². The number of nitrogens with zero attached hydrogens (tertiary/aromatic N) is 1. The average molecular weight is 298 g/mol. The first-order valence-corrected chi connectivity index (χ1v) is 7.59. The van der Waals surface area contributed by atoms with E-state index < -0.39 is 0 Å². The van der Waals surface area contributed by atoms with Crippen LogP contribution in [0.25, 0.3) is 0 Å². The van der Waals surface area contributed by atoms with Crippen molar-refractivity contribution in [3.05, 3.63) is 59.7 Å². The third-order valence-corrected chi connectivity index (χ3v) is 3.90. The van der Waals surface area contributed by atoms with Crippen LogP contribution in [0.2, 0.25) is 0 Å². The van der Waals surface area contributed by atoms with Gasteiger partial charge in [-0.2, -0.15) is 0 Å². The van der Waals surface area contributed by atoms with E-state index in [9.17, 15) is 0 Å². The third-order valence-electron chi connectivity index (χ3n) is 3.52. The Hall–Kier alpha value is -1.87. The molecule has 0 saturated heterocycles. The molecule has 2 aromatic rings. The van der Waals surface area contributed by atoms with Gasteiger partial charge >= 0.3 is 0 Å². The van der Waals surface area contributed by atoms with Crippen LogP contribution in [-0.2, 0) is 0 Å². The van der Waals surface area contributed by atoms with Gasteiger partial charge in [0, 0.05) is 18.4 Å². The molecule has 0 spiro atoms. The lowest BCUT2D eigenvalue weighted by Gasteiger charge is -2.21. The summed E-state index contributed by atoms with van der Waals surface area (Å²) in [5, 5.41) is 3.98.